The summed E-state index contributed by atoms with van der Waals surface area (Å²) in [6.45, 7) is 5.94. The molecule has 1 atom stereocenters. The van der Waals surface area contributed by atoms with Gasteiger partial charge in [-0.25, -0.2) is 9.97 Å². The van der Waals surface area contributed by atoms with Crippen molar-refractivity contribution in [2.75, 3.05) is 23.3 Å². The predicted molar refractivity (Wildman–Crippen MR) is 121 cm³/mol. The molecule has 1 fully saturated rings. The highest BCUT2D eigenvalue weighted by atomic mass is 35.5. The Morgan fingerprint density at radius 1 is 1.27 bits per heavy atom. The fraction of sp³-hybridized carbons (Fsp3) is 0.478. The molecular formula is C23H26ClF3N4O2. The molecule has 10 heteroatoms. The maximum absolute atomic E-state index is 13.5. The largest absolute Gasteiger partial charge is 0.420 e. The molecule has 1 N–H and O–H groups in total. The first-order valence-corrected chi connectivity index (χ1v) is 11.1. The molecule has 33 heavy (non-hydrogen) atoms. The number of ketones is 1. The van der Waals surface area contributed by atoms with E-state index in [-0.39, 0.29) is 47.3 Å². The van der Waals surface area contributed by atoms with Crippen molar-refractivity contribution in [3.05, 3.63) is 46.2 Å². The third-order valence-electron chi connectivity index (χ3n) is 5.48. The number of pyridine rings is 2. The Morgan fingerprint density at radius 3 is 2.67 bits per heavy atom. The van der Waals surface area contributed by atoms with Crippen LogP contribution in [0, 0.1) is 18.8 Å². The molecule has 0 saturated carbocycles. The molecule has 0 spiro atoms. The van der Waals surface area contributed by atoms with E-state index < -0.39 is 11.7 Å². The maximum atomic E-state index is 13.5. The van der Waals surface area contributed by atoms with Crippen LogP contribution < -0.4 is 10.2 Å². The van der Waals surface area contributed by atoms with Gasteiger partial charge in [0.05, 0.1) is 10.6 Å². The summed E-state index contributed by atoms with van der Waals surface area (Å²) in [5, 5.41) is 2.62. The lowest BCUT2D eigenvalue weighted by molar-refractivity contribution is -0.137. The summed E-state index contributed by atoms with van der Waals surface area (Å²) in [6, 6.07) is 4.07. The maximum Gasteiger partial charge on any atom is 0.420 e. The third-order valence-corrected chi connectivity index (χ3v) is 5.69. The molecule has 2 aromatic heterocycles. The summed E-state index contributed by atoms with van der Waals surface area (Å²) in [4.78, 5) is 34.7. The molecule has 178 valence electrons. The van der Waals surface area contributed by atoms with E-state index >= 15 is 0 Å². The molecule has 6 nitrogen and oxygen atoms in total. The number of halogens is 4. The van der Waals surface area contributed by atoms with E-state index in [2.05, 4.69) is 15.3 Å². The molecule has 0 unspecified atom stereocenters. The number of hydrogen-bond donors (Lipinski definition) is 1. The van der Waals surface area contributed by atoms with Gasteiger partial charge in [0, 0.05) is 42.9 Å². The van der Waals surface area contributed by atoms with E-state index in [1.54, 1.807) is 37.8 Å². The van der Waals surface area contributed by atoms with Gasteiger partial charge in [-0.05, 0) is 43.9 Å². The Kier molecular flexibility index (Phi) is 7.62. The first-order chi connectivity index (χ1) is 15.4. The summed E-state index contributed by atoms with van der Waals surface area (Å²) in [7, 11) is 0. The molecule has 0 aliphatic carbocycles. The van der Waals surface area contributed by atoms with Crippen LogP contribution >= 0.6 is 11.6 Å². The number of aromatic nitrogens is 2. The average molecular weight is 483 g/mol. The van der Waals surface area contributed by atoms with Crippen molar-refractivity contribution in [1.82, 2.24) is 9.97 Å². The normalized spacial score (nSPS) is 16.7. The van der Waals surface area contributed by atoms with Gasteiger partial charge < -0.3 is 10.2 Å². The summed E-state index contributed by atoms with van der Waals surface area (Å²) in [5.74, 6) is -0.572. The highest BCUT2D eigenvalue weighted by molar-refractivity contribution is 6.30. The first-order valence-electron chi connectivity index (χ1n) is 10.7. The van der Waals surface area contributed by atoms with Gasteiger partial charge in [0.2, 0.25) is 5.91 Å². The van der Waals surface area contributed by atoms with E-state index in [0.717, 1.165) is 12.5 Å². The third kappa shape index (κ3) is 6.43. The van der Waals surface area contributed by atoms with E-state index in [0.29, 0.717) is 30.0 Å². The molecule has 0 radical (unpaired) electrons. The first kappa shape index (κ1) is 25.0. The van der Waals surface area contributed by atoms with Crippen LogP contribution in [-0.2, 0) is 11.0 Å². The number of alkyl halides is 3. The minimum absolute atomic E-state index is 0.0803. The number of amides is 1. The van der Waals surface area contributed by atoms with Gasteiger partial charge in [-0.15, -0.1) is 0 Å². The number of piperidine rings is 1. The predicted octanol–water partition coefficient (Wildman–Crippen LogP) is 5.54. The molecule has 1 amide bonds. The van der Waals surface area contributed by atoms with Crippen LogP contribution in [0.1, 0.15) is 54.7 Å². The van der Waals surface area contributed by atoms with Crippen molar-refractivity contribution in [1.29, 1.82) is 0 Å². The molecule has 3 rings (SSSR count). The zero-order chi connectivity index (χ0) is 24.3. The molecule has 3 heterocycles. The smallest absolute Gasteiger partial charge is 0.356 e. The lowest BCUT2D eigenvalue weighted by atomic mass is 9.90. The van der Waals surface area contributed by atoms with Crippen LogP contribution in [0.3, 0.4) is 0 Å². The number of Topliss-reactive ketones (excluding diaryl/α,β-unsaturated/α-hetero) is 1. The molecule has 1 aliphatic heterocycles. The van der Waals surface area contributed by atoms with Crippen molar-refractivity contribution >= 4 is 34.9 Å². The van der Waals surface area contributed by atoms with E-state index in [1.807, 2.05) is 0 Å². The molecule has 1 saturated heterocycles. The number of nitrogens with zero attached hydrogens (tertiary/aromatic N) is 3. The number of hydrogen-bond acceptors (Lipinski definition) is 5. The number of nitrogens with one attached hydrogen (secondary N) is 1. The van der Waals surface area contributed by atoms with E-state index in [1.165, 1.54) is 6.20 Å². The summed E-state index contributed by atoms with van der Waals surface area (Å²) in [6.07, 6.45) is -1.84. The highest BCUT2D eigenvalue weighted by Gasteiger charge is 2.37. The summed E-state index contributed by atoms with van der Waals surface area (Å²) in [5.41, 5.74) is 0.127. The SMILES string of the molecule is Cc1cc(C(=O)C[C@@H]2CCCN(c3ncc(Cl)cc3C(F)(F)F)C2)cc(NC(=O)C(C)C)n1. The van der Waals surface area contributed by atoms with Crippen LogP contribution in [-0.4, -0.2) is 34.7 Å². The Labute approximate surface area is 195 Å². The second-order valence-corrected chi connectivity index (χ2v) is 9.07. The molecule has 2 aromatic rings. The van der Waals surface area contributed by atoms with Crippen LogP contribution in [0.15, 0.2) is 24.4 Å². The van der Waals surface area contributed by atoms with Crippen molar-refractivity contribution in [2.24, 2.45) is 11.8 Å². The highest BCUT2D eigenvalue weighted by Crippen LogP contribution is 2.38. The number of anilines is 2. The van der Waals surface area contributed by atoms with Crippen molar-refractivity contribution < 1.29 is 22.8 Å². The van der Waals surface area contributed by atoms with Crippen molar-refractivity contribution in [3.63, 3.8) is 0 Å². The fourth-order valence-electron chi connectivity index (χ4n) is 3.86. The van der Waals surface area contributed by atoms with Crippen LogP contribution in [0.25, 0.3) is 0 Å². The fourth-order valence-corrected chi connectivity index (χ4v) is 4.02. The molecular weight excluding hydrogens is 457 g/mol. The minimum Gasteiger partial charge on any atom is -0.356 e. The number of rotatable bonds is 6. The number of carbonyl (C=O) groups excluding carboxylic acids is 2. The van der Waals surface area contributed by atoms with Crippen LogP contribution in [0.5, 0.6) is 0 Å². The van der Waals surface area contributed by atoms with Gasteiger partial charge >= 0.3 is 6.18 Å². The van der Waals surface area contributed by atoms with Crippen LogP contribution in [0.4, 0.5) is 24.8 Å². The van der Waals surface area contributed by atoms with Gasteiger partial charge in [-0.1, -0.05) is 25.4 Å². The second kappa shape index (κ2) is 10.1. The van der Waals surface area contributed by atoms with Gasteiger partial charge in [-0.2, -0.15) is 13.2 Å². The second-order valence-electron chi connectivity index (χ2n) is 8.63. The monoisotopic (exact) mass is 482 g/mol. The van der Waals surface area contributed by atoms with Crippen molar-refractivity contribution in [2.45, 2.75) is 46.2 Å². The average Bonchev–Trinajstić information content (AvgIpc) is 2.72. The van der Waals surface area contributed by atoms with E-state index in [4.69, 9.17) is 11.6 Å². The lowest BCUT2D eigenvalue weighted by Gasteiger charge is -2.34. The molecule has 0 bridgehead atoms. The van der Waals surface area contributed by atoms with Crippen LogP contribution in [0.2, 0.25) is 5.02 Å². The summed E-state index contributed by atoms with van der Waals surface area (Å²) >= 11 is 5.74. The van der Waals surface area contributed by atoms with Gasteiger partial charge in [-0.3, -0.25) is 9.59 Å². The molecule has 0 aromatic carbocycles. The van der Waals surface area contributed by atoms with E-state index in [9.17, 15) is 22.8 Å². The Morgan fingerprint density at radius 2 is 2.00 bits per heavy atom. The zero-order valence-corrected chi connectivity index (χ0v) is 19.4. The van der Waals surface area contributed by atoms with Gasteiger partial charge in [0.25, 0.3) is 0 Å². The Hall–Kier alpha value is -2.68. The Bertz CT molecular complexity index is 1040. The topological polar surface area (TPSA) is 75.2 Å². The standard InChI is InChI=1S/C23H26ClF3N4O2/c1-13(2)22(33)30-20-9-16(7-14(3)29-20)19(32)8-15-5-4-6-31(12-15)21-18(23(25,26)27)10-17(24)11-28-21/h7,9-11,13,15H,4-6,8,12H2,1-3H3,(H,29,30,33)/t15-/m0/s1. The van der Waals surface area contributed by atoms with Gasteiger partial charge in [0.1, 0.15) is 11.6 Å². The zero-order valence-electron chi connectivity index (χ0n) is 18.7. The number of aryl methyl sites for hydroxylation is 1. The quantitative estimate of drug-likeness (QED) is 0.547. The van der Waals surface area contributed by atoms with Crippen molar-refractivity contribution in [3.8, 4) is 0 Å². The minimum atomic E-state index is -4.58. The number of carbonyl (C=O) groups is 2. The van der Waals surface area contributed by atoms with Gasteiger partial charge in [0.15, 0.2) is 5.78 Å². The molecule has 1 aliphatic rings. The summed E-state index contributed by atoms with van der Waals surface area (Å²) < 4.78 is 40.5. The Balaban J connectivity index is 1.75. The lowest BCUT2D eigenvalue weighted by Crippen LogP contribution is -2.38.